The van der Waals surface area contributed by atoms with Crippen LogP contribution in [0.15, 0.2) is 24.3 Å². The second-order valence-corrected chi connectivity index (χ2v) is 6.09. The predicted molar refractivity (Wildman–Crippen MR) is 91.9 cm³/mol. The Morgan fingerprint density at radius 3 is 2.46 bits per heavy atom. The average molecular weight is 396 g/mol. The van der Waals surface area contributed by atoms with E-state index in [1.165, 1.54) is 7.05 Å². The summed E-state index contributed by atoms with van der Waals surface area (Å²) in [7, 11) is 1.33. The second-order valence-electron chi connectivity index (χ2n) is 5.68. The Morgan fingerprint density at radius 2 is 1.88 bits per heavy atom. The summed E-state index contributed by atoms with van der Waals surface area (Å²) in [6.07, 6.45) is -4.35. The first-order valence-electron chi connectivity index (χ1n) is 7.80. The molecule has 1 rings (SSSR count). The highest BCUT2D eigenvalue weighted by atomic mass is 35.5. The van der Waals surface area contributed by atoms with Crippen molar-refractivity contribution in [2.24, 2.45) is 0 Å². The Bertz CT molecular complexity index is 614. The van der Waals surface area contributed by atoms with E-state index in [4.69, 9.17) is 16.7 Å². The number of anilines is 1. The molecule has 0 unspecified atom stereocenters. The van der Waals surface area contributed by atoms with Gasteiger partial charge >= 0.3 is 6.18 Å². The van der Waals surface area contributed by atoms with Gasteiger partial charge in [0, 0.05) is 20.2 Å². The maximum Gasteiger partial charge on any atom is 0.401 e. The summed E-state index contributed by atoms with van der Waals surface area (Å²) in [5.41, 5.74) is 0.377. The predicted octanol–water partition coefficient (Wildman–Crippen LogP) is 1.98. The van der Waals surface area contributed by atoms with Gasteiger partial charge in [-0.25, -0.2) is 0 Å². The summed E-state index contributed by atoms with van der Waals surface area (Å²) in [5, 5.41) is 11.6. The third kappa shape index (κ3) is 8.50. The van der Waals surface area contributed by atoms with Crippen molar-refractivity contribution < 1.29 is 27.9 Å². The van der Waals surface area contributed by atoms with Crippen molar-refractivity contribution in [2.75, 3.05) is 45.2 Å². The van der Waals surface area contributed by atoms with Crippen LogP contribution in [0.25, 0.3) is 0 Å². The van der Waals surface area contributed by atoms with Gasteiger partial charge in [0.15, 0.2) is 0 Å². The molecule has 1 aromatic rings. The molecule has 0 aliphatic carbocycles. The molecule has 2 amide bonds. The minimum absolute atomic E-state index is 0.0819. The van der Waals surface area contributed by atoms with Gasteiger partial charge in [-0.05, 0) is 18.6 Å². The number of carbonyl (C=O) groups excluding carboxylic acids is 2. The number of benzene rings is 1. The monoisotopic (exact) mass is 395 g/mol. The molecule has 2 N–H and O–H groups in total. The molecule has 0 saturated carbocycles. The number of para-hydroxylation sites is 1. The Hall–Kier alpha value is -1.84. The standard InChI is InChI=1S/C16H21ClF3N3O3/c1-22(9-14(25)21-13-6-3-2-5-12(13)17)15(26)10-23(7-4-8-24)11-16(18,19)20/h2-3,5-6,24H,4,7-11H2,1H3,(H,21,25). The summed E-state index contributed by atoms with van der Waals surface area (Å²) in [6, 6.07) is 6.53. The Kier molecular flexibility index (Phi) is 8.83. The summed E-state index contributed by atoms with van der Waals surface area (Å²) < 4.78 is 37.7. The molecule has 0 bridgehead atoms. The van der Waals surface area contributed by atoms with Crippen molar-refractivity contribution in [1.82, 2.24) is 9.80 Å². The van der Waals surface area contributed by atoms with Crippen LogP contribution in [0.5, 0.6) is 0 Å². The number of rotatable bonds is 9. The number of aliphatic hydroxyl groups is 1. The van der Waals surface area contributed by atoms with Crippen LogP contribution in [0.2, 0.25) is 5.02 Å². The van der Waals surface area contributed by atoms with E-state index in [9.17, 15) is 22.8 Å². The first-order chi connectivity index (χ1) is 12.1. The van der Waals surface area contributed by atoms with Crippen LogP contribution in [0.4, 0.5) is 18.9 Å². The lowest BCUT2D eigenvalue weighted by Gasteiger charge is -2.25. The molecule has 0 spiro atoms. The molecule has 1 aromatic carbocycles. The maximum atomic E-state index is 12.6. The molecule has 0 aromatic heterocycles. The minimum atomic E-state index is -4.46. The van der Waals surface area contributed by atoms with E-state index in [1.54, 1.807) is 24.3 Å². The zero-order valence-corrected chi connectivity index (χ0v) is 15.0. The van der Waals surface area contributed by atoms with Crippen molar-refractivity contribution >= 4 is 29.1 Å². The Labute approximate surface area is 154 Å². The fourth-order valence-electron chi connectivity index (χ4n) is 2.13. The van der Waals surface area contributed by atoms with Crippen LogP contribution in [0, 0.1) is 0 Å². The largest absolute Gasteiger partial charge is 0.401 e. The average Bonchev–Trinajstić information content (AvgIpc) is 2.53. The number of halogens is 4. The number of nitrogens with zero attached hydrogens (tertiary/aromatic N) is 2. The van der Waals surface area contributed by atoms with Crippen LogP contribution in [0.3, 0.4) is 0 Å². The molecule has 6 nitrogen and oxygen atoms in total. The molecule has 0 fully saturated rings. The number of aliphatic hydroxyl groups excluding tert-OH is 1. The summed E-state index contributed by atoms with van der Waals surface area (Å²) >= 11 is 5.92. The molecular weight excluding hydrogens is 375 g/mol. The van der Waals surface area contributed by atoms with Gasteiger partial charge in [-0.3, -0.25) is 14.5 Å². The molecular formula is C16H21ClF3N3O3. The van der Waals surface area contributed by atoms with E-state index >= 15 is 0 Å². The lowest BCUT2D eigenvalue weighted by molar-refractivity contribution is -0.152. The molecule has 0 aliphatic rings. The van der Waals surface area contributed by atoms with E-state index in [2.05, 4.69) is 5.32 Å². The molecule has 0 radical (unpaired) electrons. The SMILES string of the molecule is CN(CC(=O)Nc1ccccc1Cl)C(=O)CN(CCCO)CC(F)(F)F. The van der Waals surface area contributed by atoms with Crippen molar-refractivity contribution in [3.05, 3.63) is 29.3 Å². The number of amides is 2. The molecule has 0 saturated heterocycles. The molecule has 0 aliphatic heterocycles. The Balaban J connectivity index is 2.58. The smallest absolute Gasteiger partial charge is 0.396 e. The van der Waals surface area contributed by atoms with Crippen molar-refractivity contribution in [1.29, 1.82) is 0 Å². The number of hydrogen-bond donors (Lipinski definition) is 2. The lowest BCUT2D eigenvalue weighted by atomic mass is 10.3. The molecule has 146 valence electrons. The first kappa shape index (κ1) is 22.2. The number of nitrogens with one attached hydrogen (secondary N) is 1. The van der Waals surface area contributed by atoms with Crippen LogP contribution < -0.4 is 5.32 Å². The van der Waals surface area contributed by atoms with Gasteiger partial charge in [-0.1, -0.05) is 23.7 Å². The zero-order valence-electron chi connectivity index (χ0n) is 14.2. The van der Waals surface area contributed by atoms with Gasteiger partial charge in [0.1, 0.15) is 0 Å². The molecule has 26 heavy (non-hydrogen) atoms. The first-order valence-corrected chi connectivity index (χ1v) is 8.18. The van der Waals surface area contributed by atoms with E-state index < -0.39 is 31.1 Å². The van der Waals surface area contributed by atoms with E-state index in [0.717, 1.165) is 9.80 Å². The van der Waals surface area contributed by atoms with Gasteiger partial charge in [0.2, 0.25) is 11.8 Å². The quantitative estimate of drug-likeness (QED) is 0.670. The highest BCUT2D eigenvalue weighted by molar-refractivity contribution is 6.33. The van der Waals surface area contributed by atoms with Gasteiger partial charge in [-0.2, -0.15) is 13.2 Å². The maximum absolute atomic E-state index is 12.6. The van der Waals surface area contributed by atoms with Crippen LogP contribution in [-0.2, 0) is 9.59 Å². The van der Waals surface area contributed by atoms with Gasteiger partial charge in [0.05, 0.1) is 30.3 Å². The second kappa shape index (κ2) is 10.3. The third-order valence-corrected chi connectivity index (χ3v) is 3.68. The van der Waals surface area contributed by atoms with Crippen molar-refractivity contribution in [3.8, 4) is 0 Å². The van der Waals surface area contributed by atoms with Crippen LogP contribution >= 0.6 is 11.6 Å². The summed E-state index contributed by atoms with van der Waals surface area (Å²) in [5.74, 6) is -1.16. The number of carbonyl (C=O) groups is 2. The van der Waals surface area contributed by atoms with E-state index in [-0.39, 0.29) is 26.1 Å². The number of likely N-dealkylation sites (N-methyl/N-ethyl adjacent to an activating group) is 1. The fraction of sp³-hybridized carbons (Fsp3) is 0.500. The van der Waals surface area contributed by atoms with E-state index in [1.807, 2.05) is 0 Å². The zero-order chi connectivity index (χ0) is 19.7. The fourth-order valence-corrected chi connectivity index (χ4v) is 2.31. The van der Waals surface area contributed by atoms with Crippen molar-refractivity contribution in [2.45, 2.75) is 12.6 Å². The molecule has 0 atom stereocenters. The van der Waals surface area contributed by atoms with Crippen molar-refractivity contribution in [3.63, 3.8) is 0 Å². The number of alkyl halides is 3. The molecule has 0 heterocycles. The summed E-state index contributed by atoms with van der Waals surface area (Å²) in [4.78, 5) is 26.0. The van der Waals surface area contributed by atoms with Gasteiger partial charge in [0.25, 0.3) is 0 Å². The lowest BCUT2D eigenvalue weighted by Crippen LogP contribution is -2.44. The third-order valence-electron chi connectivity index (χ3n) is 3.35. The normalized spacial score (nSPS) is 11.5. The van der Waals surface area contributed by atoms with Gasteiger partial charge < -0.3 is 15.3 Å². The number of hydrogen-bond acceptors (Lipinski definition) is 4. The molecule has 10 heteroatoms. The highest BCUT2D eigenvalue weighted by Crippen LogP contribution is 2.20. The Morgan fingerprint density at radius 1 is 1.23 bits per heavy atom. The minimum Gasteiger partial charge on any atom is -0.396 e. The highest BCUT2D eigenvalue weighted by Gasteiger charge is 2.31. The van der Waals surface area contributed by atoms with Gasteiger partial charge in [-0.15, -0.1) is 0 Å². The van der Waals surface area contributed by atoms with Crippen LogP contribution in [0.1, 0.15) is 6.42 Å². The summed E-state index contributed by atoms with van der Waals surface area (Å²) in [6.45, 7) is -2.46. The van der Waals surface area contributed by atoms with Crippen LogP contribution in [-0.4, -0.2) is 72.7 Å². The van der Waals surface area contributed by atoms with E-state index in [0.29, 0.717) is 10.7 Å². The topological polar surface area (TPSA) is 72.9 Å².